The molecule has 0 radical (unpaired) electrons. The molecular formula is C11H14N2O. The molecule has 3 heteroatoms. The summed E-state index contributed by atoms with van der Waals surface area (Å²) in [6, 6.07) is 2.19. The number of carbonyl (C=O) groups excluding carboxylic acids is 1. The molecule has 1 spiro atoms. The molecule has 1 heterocycles. The average molecular weight is 190 g/mol. The molecule has 14 heavy (non-hydrogen) atoms. The minimum absolute atomic E-state index is 0.115. The summed E-state index contributed by atoms with van der Waals surface area (Å²) in [5.41, 5.74) is -0.110. The van der Waals surface area contributed by atoms with Crippen LogP contribution in [-0.4, -0.2) is 23.9 Å². The van der Waals surface area contributed by atoms with E-state index in [0.717, 1.165) is 25.9 Å². The number of likely N-dealkylation sites (tertiary alicyclic amines) is 1. The third-order valence-electron chi connectivity index (χ3n) is 4.06. The average Bonchev–Trinajstić information content (AvgIpc) is 3.05. The van der Waals surface area contributed by atoms with Gasteiger partial charge in [-0.25, -0.2) is 0 Å². The van der Waals surface area contributed by atoms with E-state index in [1.54, 1.807) is 0 Å². The molecule has 0 N–H and O–H groups in total. The number of hydrogen-bond donors (Lipinski definition) is 0. The van der Waals surface area contributed by atoms with Crippen LogP contribution >= 0.6 is 0 Å². The fourth-order valence-corrected chi connectivity index (χ4v) is 2.49. The topological polar surface area (TPSA) is 44.1 Å². The van der Waals surface area contributed by atoms with E-state index in [0.29, 0.717) is 5.41 Å². The van der Waals surface area contributed by atoms with E-state index in [2.05, 4.69) is 6.07 Å². The Kier molecular flexibility index (Phi) is 1.36. The van der Waals surface area contributed by atoms with Gasteiger partial charge < -0.3 is 4.90 Å². The molecule has 2 aliphatic carbocycles. The first-order chi connectivity index (χ1) is 6.70. The van der Waals surface area contributed by atoms with E-state index in [1.165, 1.54) is 19.3 Å². The summed E-state index contributed by atoms with van der Waals surface area (Å²) >= 11 is 0. The summed E-state index contributed by atoms with van der Waals surface area (Å²) in [4.78, 5) is 13.9. The van der Waals surface area contributed by atoms with Crippen LogP contribution in [-0.2, 0) is 4.79 Å². The molecule has 1 aliphatic heterocycles. The van der Waals surface area contributed by atoms with E-state index in [9.17, 15) is 4.79 Å². The third kappa shape index (κ3) is 1.00. The molecule has 0 atom stereocenters. The van der Waals surface area contributed by atoms with Crippen molar-refractivity contribution in [3.8, 4) is 6.07 Å². The number of nitrogens with zero attached hydrogens (tertiary/aromatic N) is 2. The first-order valence-corrected chi connectivity index (χ1v) is 5.41. The van der Waals surface area contributed by atoms with E-state index >= 15 is 0 Å². The quantitative estimate of drug-likeness (QED) is 0.625. The largest absolute Gasteiger partial charge is 0.341 e. The van der Waals surface area contributed by atoms with Crippen molar-refractivity contribution in [2.24, 2.45) is 10.8 Å². The zero-order valence-corrected chi connectivity index (χ0v) is 8.25. The maximum atomic E-state index is 12.0. The summed E-state index contributed by atoms with van der Waals surface area (Å²) in [7, 11) is 0. The van der Waals surface area contributed by atoms with Crippen LogP contribution < -0.4 is 0 Å². The molecule has 2 saturated carbocycles. The van der Waals surface area contributed by atoms with Crippen molar-refractivity contribution in [2.45, 2.75) is 32.1 Å². The highest BCUT2D eigenvalue weighted by molar-refractivity contribution is 5.88. The van der Waals surface area contributed by atoms with E-state index < -0.39 is 5.41 Å². The molecule has 3 rings (SSSR count). The molecular weight excluding hydrogens is 176 g/mol. The van der Waals surface area contributed by atoms with Gasteiger partial charge in [0.05, 0.1) is 6.07 Å². The van der Waals surface area contributed by atoms with Crippen molar-refractivity contribution in [3.05, 3.63) is 0 Å². The number of hydrogen-bond acceptors (Lipinski definition) is 2. The van der Waals surface area contributed by atoms with Gasteiger partial charge in [-0.15, -0.1) is 0 Å². The second-order valence-corrected chi connectivity index (χ2v) is 5.17. The Morgan fingerprint density at radius 2 is 1.93 bits per heavy atom. The molecule has 3 fully saturated rings. The first kappa shape index (κ1) is 8.28. The lowest BCUT2D eigenvalue weighted by molar-refractivity contribution is -0.134. The van der Waals surface area contributed by atoms with Crippen LogP contribution in [0, 0.1) is 22.2 Å². The second kappa shape index (κ2) is 2.31. The number of nitriles is 1. The zero-order valence-electron chi connectivity index (χ0n) is 8.25. The Bertz CT molecular complexity index is 334. The predicted octanol–water partition coefficient (Wildman–Crippen LogP) is 1.30. The molecule has 0 bridgehead atoms. The van der Waals surface area contributed by atoms with Crippen molar-refractivity contribution < 1.29 is 4.79 Å². The monoisotopic (exact) mass is 190 g/mol. The molecule has 1 saturated heterocycles. The minimum Gasteiger partial charge on any atom is -0.341 e. The highest BCUT2D eigenvalue weighted by atomic mass is 16.2. The lowest BCUT2D eigenvalue weighted by Crippen LogP contribution is -2.35. The number of carbonyl (C=O) groups is 1. The molecule has 0 aromatic carbocycles. The van der Waals surface area contributed by atoms with Gasteiger partial charge in [0.1, 0.15) is 5.41 Å². The molecule has 0 aromatic rings. The summed E-state index contributed by atoms with van der Waals surface area (Å²) in [6.45, 7) is 1.82. The maximum absolute atomic E-state index is 12.0. The Morgan fingerprint density at radius 3 is 2.36 bits per heavy atom. The van der Waals surface area contributed by atoms with Crippen molar-refractivity contribution in [3.63, 3.8) is 0 Å². The van der Waals surface area contributed by atoms with Crippen molar-refractivity contribution in [2.75, 3.05) is 13.1 Å². The summed E-state index contributed by atoms with van der Waals surface area (Å²) in [6.07, 6.45) is 5.31. The van der Waals surface area contributed by atoms with Crippen LogP contribution in [0.25, 0.3) is 0 Å². The highest BCUT2D eigenvalue weighted by Crippen LogP contribution is 2.55. The molecule has 3 nitrogen and oxygen atoms in total. The van der Waals surface area contributed by atoms with Gasteiger partial charge in [0, 0.05) is 13.1 Å². The lowest BCUT2D eigenvalue weighted by atomic mass is 10.1. The Hall–Kier alpha value is -1.04. The van der Waals surface area contributed by atoms with E-state index in [-0.39, 0.29) is 5.91 Å². The van der Waals surface area contributed by atoms with Crippen LogP contribution in [0.4, 0.5) is 0 Å². The number of rotatable bonds is 1. The first-order valence-electron chi connectivity index (χ1n) is 5.41. The summed E-state index contributed by atoms with van der Waals surface area (Å²) in [5, 5.41) is 8.94. The Morgan fingerprint density at radius 1 is 1.21 bits per heavy atom. The van der Waals surface area contributed by atoms with Gasteiger partial charge in [-0.3, -0.25) is 4.79 Å². The summed E-state index contributed by atoms with van der Waals surface area (Å²) in [5.74, 6) is 0.115. The normalized spacial score (nSPS) is 30.1. The molecule has 0 unspecified atom stereocenters. The van der Waals surface area contributed by atoms with Crippen LogP contribution in [0.15, 0.2) is 0 Å². The fraction of sp³-hybridized carbons (Fsp3) is 0.818. The van der Waals surface area contributed by atoms with Gasteiger partial charge >= 0.3 is 0 Å². The van der Waals surface area contributed by atoms with Gasteiger partial charge in [0.25, 0.3) is 0 Å². The molecule has 3 aliphatic rings. The van der Waals surface area contributed by atoms with Crippen molar-refractivity contribution >= 4 is 5.91 Å². The van der Waals surface area contributed by atoms with Crippen LogP contribution in [0.2, 0.25) is 0 Å². The lowest BCUT2D eigenvalue weighted by Gasteiger charge is -2.18. The van der Waals surface area contributed by atoms with Gasteiger partial charge in [-0.1, -0.05) is 0 Å². The Labute approximate surface area is 83.7 Å². The fourth-order valence-electron chi connectivity index (χ4n) is 2.49. The van der Waals surface area contributed by atoms with Crippen molar-refractivity contribution in [1.29, 1.82) is 5.26 Å². The van der Waals surface area contributed by atoms with Gasteiger partial charge in [-0.05, 0) is 37.5 Å². The van der Waals surface area contributed by atoms with Crippen LogP contribution in [0.3, 0.4) is 0 Å². The van der Waals surface area contributed by atoms with Crippen LogP contribution in [0.1, 0.15) is 32.1 Å². The van der Waals surface area contributed by atoms with E-state index in [4.69, 9.17) is 5.26 Å². The second-order valence-electron chi connectivity index (χ2n) is 5.17. The van der Waals surface area contributed by atoms with Gasteiger partial charge in [0.15, 0.2) is 0 Å². The van der Waals surface area contributed by atoms with Gasteiger partial charge in [-0.2, -0.15) is 5.26 Å². The number of amides is 1. The SMILES string of the molecule is N#CC1(C(=O)N2CCC3(CC3)C2)CC1. The standard InChI is InChI=1S/C11H14N2O/c12-7-11(3-4-11)9(14)13-6-5-10(8-13)1-2-10/h1-6,8H2. The smallest absolute Gasteiger partial charge is 0.243 e. The van der Waals surface area contributed by atoms with Gasteiger partial charge in [0.2, 0.25) is 5.91 Å². The predicted molar refractivity (Wildman–Crippen MR) is 50.1 cm³/mol. The van der Waals surface area contributed by atoms with Crippen molar-refractivity contribution in [1.82, 2.24) is 4.90 Å². The highest BCUT2D eigenvalue weighted by Gasteiger charge is 2.56. The van der Waals surface area contributed by atoms with Crippen LogP contribution in [0.5, 0.6) is 0 Å². The molecule has 0 aromatic heterocycles. The molecule has 74 valence electrons. The zero-order chi connectivity index (χ0) is 9.81. The Balaban J connectivity index is 1.72. The summed E-state index contributed by atoms with van der Waals surface area (Å²) < 4.78 is 0. The third-order valence-corrected chi connectivity index (χ3v) is 4.06. The molecule has 1 amide bonds. The maximum Gasteiger partial charge on any atom is 0.243 e. The minimum atomic E-state index is -0.597. The van der Waals surface area contributed by atoms with E-state index in [1.807, 2.05) is 4.90 Å².